The summed E-state index contributed by atoms with van der Waals surface area (Å²) < 4.78 is 34.3. The SMILES string of the molecule is CCCCCCCCCCCCCCCC(=O)OC[C@H](COP(=O)(O)OCCNC(=O)CCCCCCCCCCC(=O)NCCCC[C@@H]1NC(=O)[C@@H](Cc2ccccc2)NC(=O)[C@H](CC(=O)O)NC(=O)CNC(=O)[C@H](CCCN=C(N)N)NC1=O)OC(=O)CCCCCCCCCCCCCCC. The zero-order chi connectivity index (χ0) is 76.1. The Labute approximate surface area is 620 Å². The van der Waals surface area contributed by atoms with Crippen molar-refractivity contribution >= 4 is 73.0 Å². The van der Waals surface area contributed by atoms with Crippen molar-refractivity contribution in [1.82, 2.24) is 37.2 Å². The molecule has 104 heavy (non-hydrogen) atoms. The fraction of sp³-hybridized carbons (Fsp3) is 0.776. The lowest BCUT2D eigenvalue weighted by Crippen LogP contribution is -2.58. The average molecular weight is 1490 g/mol. The largest absolute Gasteiger partial charge is 0.481 e. The predicted octanol–water partition coefficient (Wildman–Crippen LogP) is 10.7. The number of nitrogens with one attached hydrogen (secondary N) is 7. The minimum atomic E-state index is -4.65. The lowest BCUT2D eigenvalue weighted by molar-refractivity contribution is -0.161. The fourth-order valence-corrected chi connectivity index (χ4v) is 12.9. The molecule has 0 aromatic heterocycles. The maximum atomic E-state index is 14.1. The molecule has 0 radical (unpaired) electrons. The number of carbonyl (C=O) groups excluding carboxylic acids is 9. The highest BCUT2D eigenvalue weighted by Gasteiger charge is 2.34. The number of carboxylic acid groups (broad SMARTS) is 1. The van der Waals surface area contributed by atoms with Crippen molar-refractivity contribution in [2.45, 2.75) is 333 Å². The summed E-state index contributed by atoms with van der Waals surface area (Å²) in [5, 5.41) is 27.9. The van der Waals surface area contributed by atoms with Crippen LogP contribution in [0.2, 0.25) is 0 Å². The van der Waals surface area contributed by atoms with Gasteiger partial charge in [0.15, 0.2) is 12.1 Å². The van der Waals surface area contributed by atoms with Crippen LogP contribution < -0.4 is 48.7 Å². The molecule has 28 heteroatoms. The van der Waals surface area contributed by atoms with Gasteiger partial charge in [0.1, 0.15) is 30.8 Å². The van der Waals surface area contributed by atoms with Gasteiger partial charge in [-0.3, -0.25) is 62.0 Å². The molecule has 0 bridgehead atoms. The predicted molar refractivity (Wildman–Crippen MR) is 402 cm³/mol. The Morgan fingerprint density at radius 1 is 0.510 bits per heavy atom. The molecule has 0 spiro atoms. The van der Waals surface area contributed by atoms with Gasteiger partial charge in [-0.05, 0) is 63.4 Å². The van der Waals surface area contributed by atoms with Crippen LogP contribution in [0, 0.1) is 0 Å². The summed E-state index contributed by atoms with van der Waals surface area (Å²) >= 11 is 0. The molecule has 0 saturated carbocycles. The van der Waals surface area contributed by atoms with Crippen LogP contribution in [-0.4, -0.2) is 151 Å². The Bertz CT molecular complexity index is 2640. The van der Waals surface area contributed by atoms with E-state index in [1.165, 1.54) is 116 Å². The third kappa shape index (κ3) is 52.3. The lowest BCUT2D eigenvalue weighted by Gasteiger charge is -2.26. The van der Waals surface area contributed by atoms with E-state index < -0.39 is 105 Å². The summed E-state index contributed by atoms with van der Waals surface area (Å²) in [7, 11) is -4.65. The Balaban J connectivity index is 1.75. The number of esters is 2. The number of carboxylic acids is 1. The second-order valence-corrected chi connectivity index (χ2v) is 29.1. The van der Waals surface area contributed by atoms with Gasteiger partial charge in [0, 0.05) is 51.7 Å². The molecular weight excluding hydrogens is 1360 g/mol. The first kappa shape index (κ1) is 93.4. The number of aliphatic imine (C=N–C) groups is 1. The molecule has 13 N–H and O–H groups in total. The first-order valence-corrected chi connectivity index (χ1v) is 41.0. The van der Waals surface area contributed by atoms with Crippen molar-refractivity contribution in [1.29, 1.82) is 0 Å². The van der Waals surface area contributed by atoms with Crippen LogP contribution in [-0.2, 0) is 77.5 Å². The van der Waals surface area contributed by atoms with E-state index in [4.69, 9.17) is 30.0 Å². The maximum absolute atomic E-state index is 14.1. The van der Waals surface area contributed by atoms with E-state index in [2.05, 4.69) is 56.1 Å². The highest BCUT2D eigenvalue weighted by molar-refractivity contribution is 7.47. The third-order valence-electron chi connectivity index (χ3n) is 18.2. The highest BCUT2D eigenvalue weighted by Crippen LogP contribution is 2.43. The first-order chi connectivity index (χ1) is 50.2. The molecule has 1 fully saturated rings. The number of hydrogen-bond acceptors (Lipinski definition) is 16. The van der Waals surface area contributed by atoms with E-state index in [-0.39, 0.29) is 95.6 Å². The fourth-order valence-electron chi connectivity index (χ4n) is 12.1. The van der Waals surface area contributed by atoms with Crippen LogP contribution in [0.15, 0.2) is 35.3 Å². The molecule has 0 aliphatic carbocycles. The minimum Gasteiger partial charge on any atom is -0.481 e. The van der Waals surface area contributed by atoms with Gasteiger partial charge < -0.3 is 68.2 Å². The normalized spacial score (nSPS) is 16.8. The van der Waals surface area contributed by atoms with Crippen LogP contribution in [0.5, 0.6) is 0 Å². The van der Waals surface area contributed by atoms with Gasteiger partial charge in [-0.15, -0.1) is 0 Å². The quantitative estimate of drug-likeness (QED) is 0.00949. The van der Waals surface area contributed by atoms with E-state index in [1.807, 2.05) is 0 Å². The summed E-state index contributed by atoms with van der Waals surface area (Å²) in [6, 6.07) is 3.27. The number of phosphoric acid groups is 1. The van der Waals surface area contributed by atoms with Crippen LogP contribution in [0.1, 0.15) is 302 Å². The summed E-state index contributed by atoms with van der Waals surface area (Å²) in [5.41, 5.74) is 11.6. The highest BCUT2D eigenvalue weighted by atomic mass is 31.2. The number of ether oxygens (including phenoxy) is 2. The number of benzene rings is 1. The topological polar surface area (TPSA) is 414 Å². The minimum absolute atomic E-state index is 0.0261. The molecule has 2 rings (SSSR count). The Kier molecular flexibility index (Phi) is 55.2. The molecule has 6 atom stereocenters. The summed E-state index contributed by atoms with van der Waals surface area (Å²) in [6.07, 6.45) is 37.3. The molecule has 1 aromatic rings. The van der Waals surface area contributed by atoms with Crippen molar-refractivity contribution in [3.05, 3.63) is 35.9 Å². The summed E-state index contributed by atoms with van der Waals surface area (Å²) in [6.45, 7) is 2.99. The van der Waals surface area contributed by atoms with Gasteiger partial charge in [-0.1, -0.05) is 237 Å². The molecule has 1 unspecified atom stereocenters. The molecule has 27 nitrogen and oxygen atoms in total. The number of nitrogens with two attached hydrogens (primary N) is 2. The second-order valence-electron chi connectivity index (χ2n) is 27.7. The van der Waals surface area contributed by atoms with Gasteiger partial charge in [0.25, 0.3) is 0 Å². The lowest BCUT2D eigenvalue weighted by atomic mass is 10.0. The molecule has 7 amide bonds. The van der Waals surface area contributed by atoms with E-state index in [1.54, 1.807) is 30.3 Å². The Hall–Kier alpha value is -6.70. The van der Waals surface area contributed by atoms with E-state index in [0.717, 1.165) is 77.0 Å². The molecule has 1 aliphatic rings. The summed E-state index contributed by atoms with van der Waals surface area (Å²) in [5.74, 6) is -7.02. The summed E-state index contributed by atoms with van der Waals surface area (Å²) in [4.78, 5) is 145. The van der Waals surface area contributed by atoms with Crippen LogP contribution in [0.3, 0.4) is 0 Å². The van der Waals surface area contributed by atoms with Crippen molar-refractivity contribution in [3.63, 3.8) is 0 Å². The average Bonchev–Trinajstić information content (AvgIpc) is 1.22. The van der Waals surface area contributed by atoms with Crippen LogP contribution in [0.25, 0.3) is 0 Å². The zero-order valence-electron chi connectivity index (χ0n) is 63.1. The zero-order valence-corrected chi connectivity index (χ0v) is 64.0. The number of aliphatic carboxylic acids is 1. The Morgan fingerprint density at radius 3 is 1.44 bits per heavy atom. The smallest absolute Gasteiger partial charge is 0.472 e. The third-order valence-corrected chi connectivity index (χ3v) is 19.2. The van der Waals surface area contributed by atoms with Crippen molar-refractivity contribution in [3.8, 4) is 0 Å². The van der Waals surface area contributed by atoms with Crippen molar-refractivity contribution in [2.24, 2.45) is 16.5 Å². The second kappa shape index (κ2) is 61.5. The number of guanidine groups is 1. The van der Waals surface area contributed by atoms with E-state index in [9.17, 15) is 62.5 Å². The number of rotatable bonds is 62. The number of nitrogens with zero attached hydrogens (tertiary/aromatic N) is 1. The number of amides is 7. The van der Waals surface area contributed by atoms with Gasteiger partial charge in [-0.25, -0.2) is 4.57 Å². The standard InChI is InChI=1S/C76H133N10O17P/c1-3-5-7-9-11-13-15-17-19-21-27-31-38-49-70(92)100-58-61(103-71(93)50-39-32-28-22-20-18-16-14-12-10-8-6-4-2)59-102-104(98,99)101-54-53-80-67(88)48-37-30-26-24-23-25-29-36-47-66(87)79-51-41-40-45-63-73(95)84-62(46-42-52-81-76(77)78)72(94)82-57-68(89)83-65(56-69(90)91)75(97)86-64(74(96)85-63)55-60-43-34-33-35-44-60/h33-35,43-44,61-65H,3-32,36-42,45-59H2,1-2H3,(H,79,87)(H,80,88)(H,82,94)(H,83,89)(H,84,95)(H,85,96)(H,86,97)(H,90,91)(H,98,99)(H4,77,78,81)/t61-,62+,63+,64-,65+/m1/s1. The molecule has 594 valence electrons. The van der Waals surface area contributed by atoms with Gasteiger partial charge in [0.05, 0.1) is 26.2 Å². The molecular formula is C76H133N10O17P. The first-order valence-electron chi connectivity index (χ1n) is 39.5. The number of phosphoric ester groups is 1. The van der Waals surface area contributed by atoms with Gasteiger partial charge in [0.2, 0.25) is 41.4 Å². The number of hydrogen-bond donors (Lipinski definition) is 11. The molecule has 1 saturated heterocycles. The molecule has 1 aromatic carbocycles. The molecule has 1 aliphatic heterocycles. The Morgan fingerprint density at radius 2 is 0.942 bits per heavy atom. The van der Waals surface area contributed by atoms with E-state index >= 15 is 0 Å². The molecule has 1 heterocycles. The van der Waals surface area contributed by atoms with Crippen LogP contribution in [0.4, 0.5) is 0 Å². The van der Waals surface area contributed by atoms with Crippen molar-refractivity contribution < 1.29 is 81.0 Å². The maximum Gasteiger partial charge on any atom is 0.472 e. The van der Waals surface area contributed by atoms with Gasteiger partial charge >= 0.3 is 25.7 Å². The monoisotopic (exact) mass is 1490 g/mol. The van der Waals surface area contributed by atoms with Crippen molar-refractivity contribution in [2.75, 3.05) is 46.0 Å². The van der Waals surface area contributed by atoms with E-state index in [0.29, 0.717) is 50.5 Å². The van der Waals surface area contributed by atoms with Crippen LogP contribution >= 0.6 is 7.82 Å². The number of unbranched alkanes of at least 4 members (excludes halogenated alkanes) is 32. The van der Waals surface area contributed by atoms with Gasteiger partial charge in [-0.2, -0.15) is 0 Å². The number of carbonyl (C=O) groups is 10.